The minimum Gasteiger partial charge on any atom is -0.508 e. The number of ether oxygens (including phenoxy) is 2. The summed E-state index contributed by atoms with van der Waals surface area (Å²) in [5.74, 6) is -0.0122. The molecule has 6 heteroatoms. The van der Waals surface area contributed by atoms with Crippen LogP contribution in [-0.2, 0) is 14.3 Å². The third-order valence-electron chi connectivity index (χ3n) is 7.43. The first-order chi connectivity index (χ1) is 17.0. The lowest BCUT2D eigenvalue weighted by atomic mass is 9.71. The van der Waals surface area contributed by atoms with Crippen LogP contribution < -0.4 is 10.1 Å². The maximum atomic E-state index is 13.7. The van der Waals surface area contributed by atoms with Crippen LogP contribution >= 0.6 is 0 Å². The van der Waals surface area contributed by atoms with Crippen molar-refractivity contribution in [1.29, 1.82) is 0 Å². The van der Waals surface area contributed by atoms with Gasteiger partial charge in [-0.15, -0.1) is 0 Å². The van der Waals surface area contributed by atoms with Crippen molar-refractivity contribution in [2.45, 2.75) is 63.4 Å². The van der Waals surface area contributed by atoms with Gasteiger partial charge < -0.3 is 19.9 Å². The maximum Gasteiger partial charge on any atom is 0.337 e. The second-order valence-electron chi connectivity index (χ2n) is 9.66. The summed E-state index contributed by atoms with van der Waals surface area (Å²) in [7, 11) is 1.64. The molecule has 0 saturated heterocycles. The standard InChI is InChI=1S/C29H31NO5/c1-17-26(29(33)35-21-7-3-4-8-21)27(18-11-13-20(31)14-12-18)28-23(30-17)15-19(16-24(28)32)22-9-5-6-10-25(22)34-2/h5-6,9-14,19,21,27,30-31H,3-4,7-8,15-16H2,1-2H3/t19-,27+/m1/s1. The van der Waals surface area contributed by atoms with Crippen molar-refractivity contribution < 1.29 is 24.2 Å². The maximum absolute atomic E-state index is 13.7. The number of Topliss-reactive ketones (excluding diaryl/α,β-unsaturated/α-hetero) is 1. The van der Waals surface area contributed by atoms with E-state index in [1.54, 1.807) is 31.4 Å². The van der Waals surface area contributed by atoms with Gasteiger partial charge in [0.2, 0.25) is 0 Å². The number of aromatic hydroxyl groups is 1. The largest absolute Gasteiger partial charge is 0.508 e. The molecule has 2 atom stereocenters. The summed E-state index contributed by atoms with van der Waals surface area (Å²) >= 11 is 0. The molecule has 35 heavy (non-hydrogen) atoms. The molecule has 0 spiro atoms. The van der Waals surface area contributed by atoms with Gasteiger partial charge in [0.05, 0.1) is 12.7 Å². The van der Waals surface area contributed by atoms with Crippen LogP contribution in [0.25, 0.3) is 0 Å². The Labute approximate surface area is 205 Å². The summed E-state index contributed by atoms with van der Waals surface area (Å²) in [4.78, 5) is 27.2. The minimum atomic E-state index is -0.535. The van der Waals surface area contributed by atoms with Crippen LogP contribution in [0.15, 0.2) is 71.1 Å². The van der Waals surface area contributed by atoms with Gasteiger partial charge in [0.25, 0.3) is 0 Å². The van der Waals surface area contributed by atoms with E-state index in [4.69, 9.17) is 9.47 Å². The average Bonchev–Trinajstić information content (AvgIpc) is 3.36. The molecule has 5 rings (SSSR count). The lowest BCUT2D eigenvalue weighted by Gasteiger charge is -2.37. The Morgan fingerprint density at radius 3 is 2.46 bits per heavy atom. The van der Waals surface area contributed by atoms with Crippen molar-refractivity contribution in [2.75, 3.05) is 7.11 Å². The average molecular weight is 474 g/mol. The Kier molecular flexibility index (Phi) is 6.37. The lowest BCUT2D eigenvalue weighted by Crippen LogP contribution is -2.36. The number of para-hydroxylation sites is 1. The number of carbonyl (C=O) groups is 2. The summed E-state index contributed by atoms with van der Waals surface area (Å²) in [5.41, 5.74) is 4.43. The van der Waals surface area contributed by atoms with Gasteiger partial charge in [0.1, 0.15) is 17.6 Å². The fourth-order valence-corrected chi connectivity index (χ4v) is 5.75. The van der Waals surface area contributed by atoms with Gasteiger partial charge in [0, 0.05) is 35.2 Å². The Morgan fingerprint density at radius 1 is 1.03 bits per heavy atom. The highest BCUT2D eigenvalue weighted by Gasteiger charge is 2.42. The predicted molar refractivity (Wildman–Crippen MR) is 132 cm³/mol. The first kappa shape index (κ1) is 23.2. The number of carbonyl (C=O) groups excluding carboxylic acids is 2. The van der Waals surface area contributed by atoms with Crippen LogP contribution in [0.5, 0.6) is 11.5 Å². The zero-order chi connectivity index (χ0) is 24.5. The Morgan fingerprint density at radius 2 is 1.74 bits per heavy atom. The zero-order valence-electron chi connectivity index (χ0n) is 20.2. The number of ketones is 1. The quantitative estimate of drug-likeness (QED) is 0.577. The smallest absolute Gasteiger partial charge is 0.337 e. The second-order valence-corrected chi connectivity index (χ2v) is 9.66. The zero-order valence-corrected chi connectivity index (χ0v) is 20.2. The van der Waals surface area contributed by atoms with Crippen LogP contribution in [-0.4, -0.2) is 30.1 Å². The number of hydrogen-bond donors (Lipinski definition) is 2. The summed E-state index contributed by atoms with van der Waals surface area (Å²) in [6.07, 6.45) is 4.78. The van der Waals surface area contributed by atoms with Gasteiger partial charge in [-0.25, -0.2) is 4.79 Å². The molecular formula is C29H31NO5. The van der Waals surface area contributed by atoms with Gasteiger partial charge >= 0.3 is 5.97 Å². The van der Waals surface area contributed by atoms with Crippen LogP contribution in [0.1, 0.15) is 68.4 Å². The van der Waals surface area contributed by atoms with Crippen LogP contribution in [0.2, 0.25) is 0 Å². The summed E-state index contributed by atoms with van der Waals surface area (Å²) in [6, 6.07) is 14.6. The second kappa shape index (κ2) is 9.61. The van der Waals surface area contributed by atoms with Crippen LogP contribution in [0.3, 0.4) is 0 Å². The number of benzene rings is 2. The Balaban J connectivity index is 1.54. The van der Waals surface area contributed by atoms with Crippen molar-refractivity contribution in [3.8, 4) is 11.5 Å². The number of hydrogen-bond acceptors (Lipinski definition) is 6. The molecule has 182 valence electrons. The number of esters is 1. The fourth-order valence-electron chi connectivity index (χ4n) is 5.75. The van der Waals surface area contributed by atoms with E-state index in [1.807, 2.05) is 31.2 Å². The molecule has 0 aromatic heterocycles. The molecule has 0 radical (unpaired) electrons. The molecule has 1 saturated carbocycles. The predicted octanol–water partition coefficient (Wildman–Crippen LogP) is 5.25. The van der Waals surface area contributed by atoms with Crippen molar-refractivity contribution in [3.63, 3.8) is 0 Å². The molecule has 2 aromatic carbocycles. The van der Waals surface area contributed by atoms with Gasteiger partial charge in [-0.05, 0) is 68.4 Å². The van der Waals surface area contributed by atoms with Crippen molar-refractivity contribution in [1.82, 2.24) is 5.32 Å². The number of dihydropyridines is 1. The van der Waals surface area contributed by atoms with Gasteiger partial charge in [-0.2, -0.15) is 0 Å². The third kappa shape index (κ3) is 4.45. The Hall–Kier alpha value is -3.54. The SMILES string of the molecule is COc1ccccc1[C@H]1CC(=O)C2=C(C1)NC(C)=C(C(=O)OC1CCCC1)[C@@H]2c1ccc(O)cc1. The van der Waals surface area contributed by atoms with E-state index in [2.05, 4.69) is 5.32 Å². The highest BCUT2D eigenvalue weighted by Crippen LogP contribution is 2.47. The third-order valence-corrected chi connectivity index (χ3v) is 7.43. The van der Waals surface area contributed by atoms with E-state index in [1.165, 1.54) is 0 Å². The highest BCUT2D eigenvalue weighted by atomic mass is 16.5. The van der Waals surface area contributed by atoms with Crippen molar-refractivity contribution in [2.24, 2.45) is 0 Å². The molecule has 2 aromatic rings. The summed E-state index contributed by atoms with van der Waals surface area (Å²) in [6.45, 7) is 1.87. The molecule has 0 bridgehead atoms. The lowest BCUT2D eigenvalue weighted by molar-refractivity contribution is -0.144. The van der Waals surface area contributed by atoms with E-state index in [9.17, 15) is 14.7 Å². The molecule has 0 unspecified atom stereocenters. The van der Waals surface area contributed by atoms with E-state index >= 15 is 0 Å². The normalized spacial score (nSPS) is 22.6. The highest BCUT2D eigenvalue weighted by molar-refractivity contribution is 6.04. The number of phenolic OH excluding ortho intramolecular Hbond substituents is 1. The monoisotopic (exact) mass is 473 g/mol. The number of nitrogens with one attached hydrogen (secondary N) is 1. The number of methoxy groups -OCH3 is 1. The van der Waals surface area contributed by atoms with E-state index in [0.717, 1.165) is 48.3 Å². The molecule has 1 aliphatic heterocycles. The molecular weight excluding hydrogens is 442 g/mol. The van der Waals surface area contributed by atoms with Gasteiger partial charge in [-0.3, -0.25) is 4.79 Å². The molecule has 2 aliphatic carbocycles. The van der Waals surface area contributed by atoms with Crippen molar-refractivity contribution in [3.05, 3.63) is 82.2 Å². The van der Waals surface area contributed by atoms with Crippen LogP contribution in [0.4, 0.5) is 0 Å². The van der Waals surface area contributed by atoms with E-state index in [-0.39, 0.29) is 29.5 Å². The summed E-state index contributed by atoms with van der Waals surface area (Å²) in [5, 5.41) is 13.3. The number of phenols is 1. The first-order valence-corrected chi connectivity index (χ1v) is 12.3. The van der Waals surface area contributed by atoms with Gasteiger partial charge in [-0.1, -0.05) is 30.3 Å². The van der Waals surface area contributed by atoms with Crippen LogP contribution in [0, 0.1) is 0 Å². The molecule has 2 N–H and O–H groups in total. The van der Waals surface area contributed by atoms with Crippen molar-refractivity contribution >= 4 is 11.8 Å². The molecule has 1 fully saturated rings. The fraction of sp³-hybridized carbons (Fsp3) is 0.379. The number of allylic oxidation sites excluding steroid dienone is 3. The number of rotatable bonds is 5. The topological polar surface area (TPSA) is 84.9 Å². The molecule has 1 heterocycles. The minimum absolute atomic E-state index is 0.00592. The van der Waals surface area contributed by atoms with E-state index in [0.29, 0.717) is 29.7 Å². The summed E-state index contributed by atoms with van der Waals surface area (Å²) < 4.78 is 11.5. The van der Waals surface area contributed by atoms with Gasteiger partial charge in [0.15, 0.2) is 5.78 Å². The first-order valence-electron chi connectivity index (χ1n) is 12.3. The molecule has 0 amide bonds. The van der Waals surface area contributed by atoms with E-state index < -0.39 is 5.92 Å². The molecule has 6 nitrogen and oxygen atoms in total. The Bertz CT molecular complexity index is 1200. The molecule has 3 aliphatic rings.